The van der Waals surface area contributed by atoms with Crippen LogP contribution in [0.1, 0.15) is 37.7 Å². The molecule has 2 spiro atoms. The molecule has 5 aliphatic rings. The Morgan fingerprint density at radius 2 is 1.86 bits per heavy atom. The van der Waals surface area contributed by atoms with Gasteiger partial charge in [0, 0.05) is 43.2 Å². The summed E-state index contributed by atoms with van der Waals surface area (Å²) in [5.74, 6) is -0.756. The van der Waals surface area contributed by atoms with Gasteiger partial charge in [-0.05, 0) is 31.9 Å². The van der Waals surface area contributed by atoms with Gasteiger partial charge in [-0.3, -0.25) is 14.5 Å². The van der Waals surface area contributed by atoms with E-state index in [1.807, 2.05) is 29.2 Å². The number of piperidine rings is 1. The number of fused-ring (bicyclic) bond motifs is 4. The van der Waals surface area contributed by atoms with E-state index in [9.17, 15) is 9.59 Å². The standard InChI is InChI=1S/C22H27N3O4/c26-19(24-10-7-21(8-11-24)28-12-13-29-21)17-14-15-4-3-9-25(15)22(17)16-5-1-2-6-18(16)23-20(22)27/h1-2,5-6,15,17H,3-4,7-14H2,(H,23,27). The van der Waals surface area contributed by atoms with Crippen LogP contribution in [0, 0.1) is 5.92 Å². The molecule has 5 heterocycles. The van der Waals surface area contributed by atoms with Crippen molar-refractivity contribution in [1.82, 2.24) is 9.80 Å². The molecule has 0 aromatic heterocycles. The minimum absolute atomic E-state index is 0.0302. The van der Waals surface area contributed by atoms with Gasteiger partial charge in [0.2, 0.25) is 11.8 Å². The molecule has 4 fully saturated rings. The lowest BCUT2D eigenvalue weighted by Crippen LogP contribution is -2.56. The van der Waals surface area contributed by atoms with Crippen molar-refractivity contribution in [3.8, 4) is 0 Å². The van der Waals surface area contributed by atoms with Gasteiger partial charge in [-0.2, -0.15) is 0 Å². The summed E-state index contributed by atoms with van der Waals surface area (Å²) in [6.07, 6.45) is 4.31. The summed E-state index contributed by atoms with van der Waals surface area (Å²) in [6.45, 7) is 3.39. The maximum Gasteiger partial charge on any atom is 0.250 e. The molecule has 29 heavy (non-hydrogen) atoms. The quantitative estimate of drug-likeness (QED) is 0.781. The lowest BCUT2D eigenvalue weighted by atomic mass is 9.77. The maximum absolute atomic E-state index is 13.8. The minimum Gasteiger partial charge on any atom is -0.347 e. The zero-order chi connectivity index (χ0) is 19.6. The van der Waals surface area contributed by atoms with Crippen LogP contribution in [-0.2, 0) is 24.6 Å². The Morgan fingerprint density at radius 1 is 1.10 bits per heavy atom. The number of likely N-dealkylation sites (tertiary alicyclic amines) is 1. The Hall–Kier alpha value is -1.96. The molecule has 3 atom stereocenters. The number of benzene rings is 1. The van der Waals surface area contributed by atoms with Gasteiger partial charge in [-0.15, -0.1) is 0 Å². The van der Waals surface area contributed by atoms with E-state index in [4.69, 9.17) is 9.47 Å². The summed E-state index contributed by atoms with van der Waals surface area (Å²) in [7, 11) is 0. The average Bonchev–Trinajstić information content (AvgIpc) is 3.48. The van der Waals surface area contributed by atoms with Crippen LogP contribution in [0.25, 0.3) is 0 Å². The van der Waals surface area contributed by atoms with Crippen molar-refractivity contribution in [2.45, 2.75) is 49.5 Å². The fourth-order valence-electron chi connectivity index (χ4n) is 6.44. The second-order valence-corrected chi connectivity index (χ2v) is 8.98. The fraction of sp³-hybridized carbons (Fsp3) is 0.636. The van der Waals surface area contributed by atoms with Crippen molar-refractivity contribution in [2.24, 2.45) is 5.92 Å². The van der Waals surface area contributed by atoms with Crippen LogP contribution in [0.3, 0.4) is 0 Å². The van der Waals surface area contributed by atoms with Gasteiger partial charge in [0.15, 0.2) is 5.79 Å². The Bertz CT molecular complexity index is 857. The number of carbonyl (C=O) groups is 2. The van der Waals surface area contributed by atoms with Gasteiger partial charge >= 0.3 is 0 Å². The number of amides is 2. The molecule has 0 bridgehead atoms. The fourth-order valence-corrected chi connectivity index (χ4v) is 6.44. The number of nitrogens with one attached hydrogen (secondary N) is 1. The predicted octanol–water partition coefficient (Wildman–Crippen LogP) is 1.68. The Morgan fingerprint density at radius 3 is 2.66 bits per heavy atom. The molecule has 7 heteroatoms. The summed E-state index contributed by atoms with van der Waals surface area (Å²) in [5, 5.41) is 3.08. The summed E-state index contributed by atoms with van der Waals surface area (Å²) in [5.41, 5.74) is 0.974. The Kier molecular flexibility index (Phi) is 3.86. The van der Waals surface area contributed by atoms with Gasteiger partial charge < -0.3 is 19.7 Å². The van der Waals surface area contributed by atoms with Crippen LogP contribution >= 0.6 is 0 Å². The zero-order valence-corrected chi connectivity index (χ0v) is 16.6. The van der Waals surface area contributed by atoms with E-state index in [-0.39, 0.29) is 17.7 Å². The lowest BCUT2D eigenvalue weighted by Gasteiger charge is -2.41. The molecule has 0 radical (unpaired) electrons. The monoisotopic (exact) mass is 397 g/mol. The first-order valence-electron chi connectivity index (χ1n) is 10.9. The van der Waals surface area contributed by atoms with Gasteiger partial charge in [-0.25, -0.2) is 0 Å². The molecule has 1 aromatic rings. The van der Waals surface area contributed by atoms with E-state index in [0.29, 0.717) is 45.2 Å². The molecule has 154 valence electrons. The summed E-state index contributed by atoms with van der Waals surface area (Å²) in [6, 6.07) is 8.20. The van der Waals surface area contributed by atoms with Gasteiger partial charge in [0.05, 0.1) is 19.1 Å². The molecular formula is C22H27N3O4. The van der Waals surface area contributed by atoms with Crippen LogP contribution < -0.4 is 5.32 Å². The van der Waals surface area contributed by atoms with Crippen LogP contribution in [-0.4, -0.2) is 66.3 Å². The summed E-state index contributed by atoms with van der Waals surface area (Å²) >= 11 is 0. The normalized spacial score (nSPS) is 35.3. The van der Waals surface area contributed by atoms with E-state index >= 15 is 0 Å². The first kappa shape index (κ1) is 17.9. The average molecular weight is 397 g/mol. The smallest absolute Gasteiger partial charge is 0.250 e. The van der Waals surface area contributed by atoms with Crippen molar-refractivity contribution >= 4 is 17.5 Å². The number of ether oxygens (including phenoxy) is 2. The molecule has 4 saturated heterocycles. The number of anilines is 1. The maximum atomic E-state index is 13.8. The molecule has 1 aromatic carbocycles. The zero-order valence-electron chi connectivity index (χ0n) is 16.6. The van der Waals surface area contributed by atoms with Gasteiger partial charge in [0.25, 0.3) is 0 Å². The highest BCUT2D eigenvalue weighted by molar-refractivity contribution is 6.09. The molecule has 0 saturated carbocycles. The van der Waals surface area contributed by atoms with Crippen molar-refractivity contribution in [3.05, 3.63) is 29.8 Å². The van der Waals surface area contributed by atoms with E-state index in [1.54, 1.807) is 0 Å². The SMILES string of the molecule is O=C(C1CC2CCCN2C12C(=O)Nc1ccccc12)N1CCC2(CC1)OCCO2. The van der Waals surface area contributed by atoms with Gasteiger partial charge in [-0.1, -0.05) is 18.2 Å². The number of hydrogen-bond acceptors (Lipinski definition) is 5. The molecule has 1 N–H and O–H groups in total. The third kappa shape index (κ3) is 2.35. The minimum atomic E-state index is -0.857. The number of carbonyl (C=O) groups excluding carboxylic acids is 2. The highest BCUT2D eigenvalue weighted by Gasteiger charge is 2.66. The van der Waals surface area contributed by atoms with Crippen molar-refractivity contribution < 1.29 is 19.1 Å². The molecule has 3 unspecified atom stereocenters. The first-order chi connectivity index (χ1) is 14.1. The van der Waals surface area contributed by atoms with Crippen LogP contribution in [0.5, 0.6) is 0 Å². The summed E-state index contributed by atoms with van der Waals surface area (Å²) < 4.78 is 11.6. The third-order valence-corrected chi connectivity index (χ3v) is 7.72. The van der Waals surface area contributed by atoms with E-state index in [1.165, 1.54) is 0 Å². The Balaban J connectivity index is 1.34. The number of nitrogens with zero attached hydrogens (tertiary/aromatic N) is 2. The molecule has 0 aliphatic carbocycles. The van der Waals surface area contributed by atoms with Crippen LogP contribution in [0.2, 0.25) is 0 Å². The van der Waals surface area contributed by atoms with E-state index in [0.717, 1.165) is 37.1 Å². The lowest BCUT2D eigenvalue weighted by molar-refractivity contribution is -0.189. The predicted molar refractivity (Wildman–Crippen MR) is 105 cm³/mol. The second kappa shape index (κ2) is 6.27. The van der Waals surface area contributed by atoms with Crippen LogP contribution in [0.4, 0.5) is 5.69 Å². The topological polar surface area (TPSA) is 71.1 Å². The van der Waals surface area contributed by atoms with Gasteiger partial charge in [0.1, 0.15) is 5.54 Å². The first-order valence-corrected chi connectivity index (χ1v) is 10.9. The molecule has 6 rings (SSSR count). The van der Waals surface area contributed by atoms with Crippen molar-refractivity contribution in [3.63, 3.8) is 0 Å². The second-order valence-electron chi connectivity index (χ2n) is 8.98. The Labute approximate surface area is 170 Å². The number of rotatable bonds is 1. The molecular weight excluding hydrogens is 370 g/mol. The number of para-hydroxylation sites is 1. The van der Waals surface area contributed by atoms with Crippen molar-refractivity contribution in [1.29, 1.82) is 0 Å². The highest BCUT2D eigenvalue weighted by Crippen LogP contribution is 2.55. The van der Waals surface area contributed by atoms with E-state index < -0.39 is 11.3 Å². The van der Waals surface area contributed by atoms with Crippen LogP contribution in [0.15, 0.2) is 24.3 Å². The van der Waals surface area contributed by atoms with E-state index in [2.05, 4.69) is 10.2 Å². The highest BCUT2D eigenvalue weighted by atomic mass is 16.7. The molecule has 5 aliphatic heterocycles. The largest absolute Gasteiger partial charge is 0.347 e. The third-order valence-electron chi connectivity index (χ3n) is 7.72. The summed E-state index contributed by atoms with van der Waals surface area (Å²) in [4.78, 5) is 31.5. The van der Waals surface area contributed by atoms with Crippen molar-refractivity contribution in [2.75, 3.05) is 38.2 Å². The number of hydrogen-bond donors (Lipinski definition) is 1. The molecule has 2 amide bonds. The molecule has 7 nitrogen and oxygen atoms in total.